The zero-order chi connectivity index (χ0) is 20.0. The third-order valence-electron chi connectivity index (χ3n) is 2.82. The van der Waals surface area contributed by atoms with Crippen LogP contribution in [0.5, 0.6) is 0 Å². The second-order valence-corrected chi connectivity index (χ2v) is 21.6. The summed E-state index contributed by atoms with van der Waals surface area (Å²) in [6, 6.07) is 0. The van der Waals surface area contributed by atoms with Crippen molar-refractivity contribution in [3.63, 3.8) is 0 Å². The number of hydrogen-bond donors (Lipinski definition) is 2. The standard InChI is InChI=1S/C12H2S16/c13-5-1(19-9(15)23-5)3-7(25-11(17)21-3)27-28-8-4(22-12(18)26-8)2-6(14)24-10(16)20-2/h13-14H. The summed E-state index contributed by atoms with van der Waals surface area (Å²) in [7, 11) is 3.44. The van der Waals surface area contributed by atoms with Crippen molar-refractivity contribution in [1.82, 2.24) is 0 Å². The summed E-state index contributed by atoms with van der Waals surface area (Å²) < 4.78 is 7.84. The summed E-state index contributed by atoms with van der Waals surface area (Å²) in [4.78, 5) is 4.56. The van der Waals surface area contributed by atoms with Crippen LogP contribution >= 0.6 is 186 Å². The Morgan fingerprint density at radius 1 is 0.464 bits per heavy atom. The molecule has 0 fully saturated rings. The van der Waals surface area contributed by atoms with Gasteiger partial charge in [-0.3, -0.25) is 0 Å². The van der Waals surface area contributed by atoms with E-state index in [1.807, 2.05) is 0 Å². The molecule has 16 heteroatoms. The monoisotopic (exact) mass is 658 g/mol. The van der Waals surface area contributed by atoms with Gasteiger partial charge in [0.15, 0.2) is 0 Å². The highest BCUT2D eigenvalue weighted by Crippen LogP contribution is 2.55. The average molecular weight is 659 g/mol. The third kappa shape index (κ3) is 5.34. The van der Waals surface area contributed by atoms with Gasteiger partial charge in [-0.25, -0.2) is 0 Å². The molecule has 4 aromatic heterocycles. The summed E-state index contributed by atoms with van der Waals surface area (Å²) in [5, 5.41) is 0. The van der Waals surface area contributed by atoms with Gasteiger partial charge in [0, 0.05) is 0 Å². The summed E-state index contributed by atoms with van der Waals surface area (Å²) in [5.74, 6) is 0. The van der Waals surface area contributed by atoms with Crippen molar-refractivity contribution in [3.8, 4) is 19.5 Å². The molecule has 0 aliphatic rings. The van der Waals surface area contributed by atoms with Crippen molar-refractivity contribution in [2.45, 2.75) is 16.8 Å². The van der Waals surface area contributed by atoms with Crippen molar-refractivity contribution >= 4 is 186 Å². The molecule has 0 spiro atoms. The van der Waals surface area contributed by atoms with Gasteiger partial charge in [0.1, 0.15) is 12.6 Å². The smallest absolute Gasteiger partial charge is 0.131 e. The second kappa shape index (κ2) is 10.2. The lowest BCUT2D eigenvalue weighted by atomic mass is 10.5. The molecule has 0 aliphatic heterocycles. The minimum Gasteiger partial charge on any atom is -0.131 e. The van der Waals surface area contributed by atoms with Gasteiger partial charge in [0.05, 0.1) is 36.3 Å². The Balaban J connectivity index is 1.69. The van der Waals surface area contributed by atoms with Gasteiger partial charge in [0.2, 0.25) is 0 Å². The van der Waals surface area contributed by atoms with Gasteiger partial charge in [0.25, 0.3) is 0 Å². The molecule has 0 unspecified atom stereocenters. The van der Waals surface area contributed by atoms with Gasteiger partial charge >= 0.3 is 0 Å². The Bertz CT molecular complexity index is 1260. The maximum absolute atomic E-state index is 5.47. The van der Waals surface area contributed by atoms with Gasteiger partial charge in [-0.15, -0.1) is 116 Å². The first-order chi connectivity index (χ1) is 13.3. The largest absolute Gasteiger partial charge is 0.145 e. The minimum atomic E-state index is 0.881. The lowest BCUT2D eigenvalue weighted by Crippen LogP contribution is -1.70. The van der Waals surface area contributed by atoms with Gasteiger partial charge in [-0.1, -0.05) is 48.9 Å². The fraction of sp³-hybridized carbons (Fsp3) is 0. The number of rotatable bonds is 5. The summed E-state index contributed by atoms with van der Waals surface area (Å²) in [6.45, 7) is 0. The fourth-order valence-corrected chi connectivity index (χ4v) is 18.4. The van der Waals surface area contributed by atoms with E-state index in [2.05, 4.69) is 25.3 Å². The predicted octanol–water partition coefficient (Wildman–Crippen LogP) is 11.8. The van der Waals surface area contributed by atoms with Crippen LogP contribution in [0.1, 0.15) is 0 Å². The molecule has 4 rings (SSSR count). The first-order valence-corrected chi connectivity index (χ1v) is 17.8. The molecule has 146 valence electrons. The normalized spacial score (nSPS) is 11.4. The summed E-state index contributed by atoms with van der Waals surface area (Å²) in [6.07, 6.45) is 0. The maximum Gasteiger partial charge on any atom is 0.145 e. The maximum atomic E-state index is 5.47. The lowest BCUT2D eigenvalue weighted by molar-refractivity contribution is 1.72. The Kier molecular flexibility index (Phi) is 8.59. The molecule has 0 N–H and O–H groups in total. The van der Waals surface area contributed by atoms with E-state index in [-0.39, 0.29) is 0 Å². The van der Waals surface area contributed by atoms with Crippen LogP contribution in [0, 0.1) is 12.6 Å². The molecule has 4 aromatic rings. The van der Waals surface area contributed by atoms with Gasteiger partial charge in [-0.05, 0) is 21.6 Å². The Morgan fingerprint density at radius 2 is 0.786 bits per heavy atom. The molecule has 0 radical (unpaired) electrons. The quantitative estimate of drug-likeness (QED) is 0.123. The average Bonchev–Trinajstić information content (AvgIpc) is 3.33. The molecular weight excluding hydrogens is 657 g/mol. The van der Waals surface area contributed by atoms with E-state index in [1.54, 1.807) is 89.6 Å². The van der Waals surface area contributed by atoms with Crippen molar-refractivity contribution in [2.24, 2.45) is 0 Å². The Hall–Kier alpha value is 2.48. The molecule has 0 nitrogen and oxygen atoms in total. The van der Waals surface area contributed by atoms with E-state index in [0.29, 0.717) is 0 Å². The van der Waals surface area contributed by atoms with Crippen LogP contribution in [-0.4, -0.2) is 0 Å². The Morgan fingerprint density at radius 3 is 1.11 bits per heavy atom. The third-order valence-corrected chi connectivity index (χ3v) is 18.2. The molecule has 0 aliphatic carbocycles. The first-order valence-electron chi connectivity index (χ1n) is 6.60. The lowest BCUT2D eigenvalue weighted by Gasteiger charge is -2.02. The molecular formula is C12H2S16. The van der Waals surface area contributed by atoms with Crippen molar-refractivity contribution in [1.29, 1.82) is 0 Å². The van der Waals surface area contributed by atoms with E-state index in [9.17, 15) is 0 Å². The van der Waals surface area contributed by atoms with Crippen LogP contribution in [0.25, 0.3) is 19.5 Å². The summed E-state index contributed by atoms with van der Waals surface area (Å²) in [5.41, 5.74) is 0. The first kappa shape index (κ1) is 23.6. The van der Waals surface area contributed by atoms with Crippen LogP contribution in [0.2, 0.25) is 0 Å². The zero-order valence-corrected chi connectivity index (χ0v) is 25.8. The molecule has 0 saturated carbocycles. The molecule has 0 bridgehead atoms. The van der Waals surface area contributed by atoms with E-state index < -0.39 is 0 Å². The molecule has 0 atom stereocenters. The fourth-order valence-electron chi connectivity index (χ4n) is 1.83. The van der Waals surface area contributed by atoms with Crippen molar-refractivity contribution in [3.05, 3.63) is 12.6 Å². The minimum absolute atomic E-state index is 0.881. The highest BCUT2D eigenvalue weighted by Gasteiger charge is 2.20. The number of hydrogen-bond acceptors (Lipinski definition) is 16. The highest BCUT2D eigenvalue weighted by atomic mass is 33.1. The molecule has 4 heterocycles. The van der Waals surface area contributed by atoms with E-state index in [4.69, 9.17) is 48.9 Å². The molecule has 0 saturated heterocycles. The number of thiol groups is 2. The molecule has 0 amide bonds. The van der Waals surface area contributed by atoms with Gasteiger partial charge in [-0.2, -0.15) is 0 Å². The van der Waals surface area contributed by atoms with Crippen molar-refractivity contribution < 1.29 is 0 Å². The second-order valence-electron chi connectivity index (χ2n) is 4.48. The zero-order valence-electron chi connectivity index (χ0n) is 12.6. The van der Waals surface area contributed by atoms with Gasteiger partial charge < -0.3 is 0 Å². The van der Waals surface area contributed by atoms with E-state index in [0.717, 1.165) is 40.5 Å². The van der Waals surface area contributed by atoms with Crippen LogP contribution < -0.4 is 0 Å². The van der Waals surface area contributed by atoms with Crippen LogP contribution in [0.3, 0.4) is 0 Å². The van der Waals surface area contributed by atoms with E-state index in [1.165, 1.54) is 31.1 Å². The SMILES string of the molecule is S=c1sc(S)c(-c2sc(=S)sc2SSc2sc(=S)sc2-c2sc(=S)sc2S)s1. The van der Waals surface area contributed by atoms with Crippen LogP contribution in [-0.2, 0) is 0 Å². The Labute approximate surface area is 231 Å². The topological polar surface area (TPSA) is 0 Å². The van der Waals surface area contributed by atoms with Crippen molar-refractivity contribution in [2.75, 3.05) is 0 Å². The molecule has 0 aromatic carbocycles. The van der Waals surface area contributed by atoms with E-state index >= 15 is 0 Å². The predicted molar refractivity (Wildman–Crippen MR) is 156 cm³/mol. The summed E-state index contributed by atoms with van der Waals surface area (Å²) >= 11 is 43.6. The molecule has 28 heavy (non-hydrogen) atoms. The van der Waals surface area contributed by atoms with Crippen LogP contribution in [0.15, 0.2) is 16.8 Å². The van der Waals surface area contributed by atoms with Crippen LogP contribution in [0.4, 0.5) is 0 Å². The highest BCUT2D eigenvalue weighted by molar-refractivity contribution is 8.77.